The second kappa shape index (κ2) is 5.14. The van der Waals surface area contributed by atoms with Crippen LogP contribution in [0.1, 0.15) is 26.7 Å². The maximum absolute atomic E-state index is 11.2. The minimum absolute atomic E-state index is 0.0279. The van der Waals surface area contributed by atoms with Crippen molar-refractivity contribution in [2.24, 2.45) is 5.92 Å². The van der Waals surface area contributed by atoms with Crippen LogP contribution in [0.25, 0.3) is 0 Å². The molecular formula is C13H17ClN2O2. The van der Waals surface area contributed by atoms with E-state index >= 15 is 0 Å². The highest BCUT2D eigenvalue weighted by molar-refractivity contribution is 6.33. The molecule has 5 heteroatoms. The predicted octanol–water partition coefficient (Wildman–Crippen LogP) is 3.87. The third-order valence-electron chi connectivity index (χ3n) is 3.83. The van der Waals surface area contributed by atoms with Crippen molar-refractivity contribution >= 4 is 23.0 Å². The van der Waals surface area contributed by atoms with Gasteiger partial charge in [0.05, 0.1) is 4.92 Å². The fraction of sp³-hybridized carbons (Fsp3) is 0.538. The first-order valence-electron chi connectivity index (χ1n) is 6.22. The zero-order chi connectivity index (χ0) is 13.3. The maximum Gasteiger partial charge on any atom is 0.310 e. The first-order chi connectivity index (χ1) is 8.52. The maximum atomic E-state index is 11.2. The molecule has 0 bridgehead atoms. The number of hydrogen-bond acceptors (Lipinski definition) is 3. The Morgan fingerprint density at radius 3 is 2.83 bits per heavy atom. The molecule has 1 fully saturated rings. The summed E-state index contributed by atoms with van der Waals surface area (Å²) in [6, 6.07) is 5.44. The Hall–Kier alpha value is -1.29. The molecule has 1 aromatic carbocycles. The van der Waals surface area contributed by atoms with Crippen LogP contribution in [-0.2, 0) is 0 Å². The molecule has 1 aliphatic rings. The Kier molecular flexibility index (Phi) is 3.76. The average Bonchev–Trinajstić information content (AvgIpc) is 2.32. The SMILES string of the molecule is CC1CCCN(c2cccc(Cl)c2[N+](=O)[O-])C1C. The largest absolute Gasteiger partial charge is 0.363 e. The summed E-state index contributed by atoms with van der Waals surface area (Å²) in [6.45, 7) is 5.16. The van der Waals surface area contributed by atoms with Gasteiger partial charge in [-0.15, -0.1) is 0 Å². The number of piperidine rings is 1. The third-order valence-corrected chi connectivity index (χ3v) is 4.14. The van der Waals surface area contributed by atoms with Gasteiger partial charge in [0, 0.05) is 12.6 Å². The average molecular weight is 269 g/mol. The molecule has 0 aromatic heterocycles. The van der Waals surface area contributed by atoms with Crippen molar-refractivity contribution in [3.8, 4) is 0 Å². The highest BCUT2D eigenvalue weighted by Crippen LogP contribution is 2.38. The van der Waals surface area contributed by atoms with E-state index in [4.69, 9.17) is 11.6 Å². The van der Waals surface area contributed by atoms with Crippen LogP contribution in [0.3, 0.4) is 0 Å². The number of para-hydroxylation sites is 1. The van der Waals surface area contributed by atoms with Gasteiger partial charge in [-0.1, -0.05) is 24.6 Å². The van der Waals surface area contributed by atoms with Gasteiger partial charge in [-0.05, 0) is 37.8 Å². The van der Waals surface area contributed by atoms with Crippen LogP contribution in [0, 0.1) is 16.0 Å². The van der Waals surface area contributed by atoms with Gasteiger partial charge in [0.1, 0.15) is 10.7 Å². The van der Waals surface area contributed by atoms with Crippen LogP contribution in [-0.4, -0.2) is 17.5 Å². The van der Waals surface area contributed by atoms with E-state index in [-0.39, 0.29) is 15.6 Å². The van der Waals surface area contributed by atoms with E-state index in [2.05, 4.69) is 18.7 Å². The lowest BCUT2D eigenvalue weighted by Crippen LogP contribution is -2.42. The topological polar surface area (TPSA) is 46.4 Å². The Bertz CT molecular complexity index is 464. The third kappa shape index (κ3) is 2.29. The van der Waals surface area contributed by atoms with E-state index in [1.165, 1.54) is 6.42 Å². The first kappa shape index (κ1) is 13.1. The summed E-state index contributed by atoms with van der Waals surface area (Å²) < 4.78 is 0. The zero-order valence-electron chi connectivity index (χ0n) is 10.6. The van der Waals surface area contributed by atoms with Gasteiger partial charge in [0.25, 0.3) is 0 Å². The van der Waals surface area contributed by atoms with Crippen molar-refractivity contribution < 1.29 is 4.92 Å². The summed E-state index contributed by atoms with van der Waals surface area (Å²) in [5, 5.41) is 11.4. The van der Waals surface area contributed by atoms with Gasteiger partial charge in [-0.2, -0.15) is 0 Å². The standard InChI is InChI=1S/C13H17ClN2O2/c1-9-5-4-8-15(10(9)2)12-7-3-6-11(14)13(12)16(17)18/h3,6-7,9-10H,4-5,8H2,1-2H3. The quantitative estimate of drug-likeness (QED) is 0.604. The molecule has 2 unspecified atom stereocenters. The molecule has 0 spiro atoms. The lowest BCUT2D eigenvalue weighted by Gasteiger charge is -2.39. The summed E-state index contributed by atoms with van der Waals surface area (Å²) in [4.78, 5) is 12.9. The minimum Gasteiger partial charge on any atom is -0.363 e. The Balaban J connectivity index is 2.44. The number of anilines is 1. The first-order valence-corrected chi connectivity index (χ1v) is 6.59. The van der Waals surface area contributed by atoms with E-state index < -0.39 is 0 Å². The highest BCUT2D eigenvalue weighted by Gasteiger charge is 2.30. The molecule has 0 saturated carbocycles. The number of nitrogens with zero attached hydrogens (tertiary/aromatic N) is 2. The van der Waals surface area contributed by atoms with Crippen molar-refractivity contribution in [2.75, 3.05) is 11.4 Å². The molecule has 1 heterocycles. The van der Waals surface area contributed by atoms with E-state index in [1.807, 2.05) is 0 Å². The smallest absolute Gasteiger partial charge is 0.310 e. The van der Waals surface area contributed by atoms with Gasteiger partial charge < -0.3 is 4.90 Å². The highest BCUT2D eigenvalue weighted by atomic mass is 35.5. The number of hydrogen-bond donors (Lipinski definition) is 0. The number of nitro benzene ring substituents is 1. The Labute approximate surface area is 112 Å². The van der Waals surface area contributed by atoms with Crippen molar-refractivity contribution in [1.82, 2.24) is 0 Å². The molecule has 0 aliphatic carbocycles. The molecule has 4 nitrogen and oxygen atoms in total. The number of rotatable bonds is 2. The van der Waals surface area contributed by atoms with Crippen LogP contribution < -0.4 is 4.90 Å². The van der Waals surface area contributed by atoms with E-state index in [1.54, 1.807) is 18.2 Å². The van der Waals surface area contributed by atoms with Gasteiger partial charge in [0.2, 0.25) is 0 Å². The molecule has 18 heavy (non-hydrogen) atoms. The van der Waals surface area contributed by atoms with Gasteiger partial charge >= 0.3 is 5.69 Å². The fourth-order valence-electron chi connectivity index (χ4n) is 2.59. The number of halogens is 1. The molecule has 0 amide bonds. The molecule has 2 rings (SSSR count). The van der Waals surface area contributed by atoms with E-state index in [0.29, 0.717) is 17.6 Å². The Morgan fingerprint density at radius 1 is 1.44 bits per heavy atom. The second-order valence-electron chi connectivity index (χ2n) is 4.92. The zero-order valence-corrected chi connectivity index (χ0v) is 11.4. The van der Waals surface area contributed by atoms with Crippen molar-refractivity contribution in [3.05, 3.63) is 33.3 Å². The van der Waals surface area contributed by atoms with Crippen LogP contribution in [0.15, 0.2) is 18.2 Å². The van der Waals surface area contributed by atoms with Crippen molar-refractivity contribution in [3.63, 3.8) is 0 Å². The predicted molar refractivity (Wildman–Crippen MR) is 73.3 cm³/mol. The molecular weight excluding hydrogens is 252 g/mol. The van der Waals surface area contributed by atoms with Crippen LogP contribution in [0.2, 0.25) is 5.02 Å². The van der Waals surface area contributed by atoms with Gasteiger partial charge in [0.15, 0.2) is 0 Å². The van der Waals surface area contributed by atoms with Crippen LogP contribution >= 0.6 is 11.6 Å². The monoisotopic (exact) mass is 268 g/mol. The summed E-state index contributed by atoms with van der Waals surface area (Å²) in [5.41, 5.74) is 0.673. The number of benzene rings is 1. The molecule has 1 aromatic rings. The lowest BCUT2D eigenvalue weighted by molar-refractivity contribution is -0.384. The Morgan fingerprint density at radius 2 is 2.17 bits per heavy atom. The molecule has 0 radical (unpaired) electrons. The minimum atomic E-state index is -0.385. The van der Waals surface area contributed by atoms with Crippen molar-refractivity contribution in [2.45, 2.75) is 32.7 Å². The van der Waals surface area contributed by atoms with E-state index in [9.17, 15) is 10.1 Å². The normalized spacial score (nSPS) is 24.1. The van der Waals surface area contributed by atoms with Crippen LogP contribution in [0.5, 0.6) is 0 Å². The summed E-state index contributed by atoms with van der Waals surface area (Å²) >= 11 is 5.96. The summed E-state index contributed by atoms with van der Waals surface area (Å²) in [5.74, 6) is 0.539. The van der Waals surface area contributed by atoms with E-state index in [0.717, 1.165) is 13.0 Å². The number of nitro groups is 1. The molecule has 0 N–H and O–H groups in total. The fourth-order valence-corrected chi connectivity index (χ4v) is 2.83. The summed E-state index contributed by atoms with van der Waals surface area (Å²) in [6.07, 6.45) is 2.24. The molecule has 98 valence electrons. The molecule has 1 saturated heterocycles. The molecule has 2 atom stereocenters. The summed E-state index contributed by atoms with van der Waals surface area (Å²) in [7, 11) is 0. The van der Waals surface area contributed by atoms with Gasteiger partial charge in [-0.25, -0.2) is 0 Å². The van der Waals surface area contributed by atoms with Crippen LogP contribution in [0.4, 0.5) is 11.4 Å². The van der Waals surface area contributed by atoms with Gasteiger partial charge in [-0.3, -0.25) is 10.1 Å². The second-order valence-corrected chi connectivity index (χ2v) is 5.33. The lowest BCUT2D eigenvalue weighted by atomic mass is 9.91. The molecule has 1 aliphatic heterocycles. The van der Waals surface area contributed by atoms with Crippen molar-refractivity contribution in [1.29, 1.82) is 0 Å².